The Hall–Kier alpha value is -2.14. The molecule has 5 heteroatoms. The van der Waals surface area contributed by atoms with E-state index in [0.29, 0.717) is 6.42 Å². The first-order valence-electron chi connectivity index (χ1n) is 7.35. The summed E-state index contributed by atoms with van der Waals surface area (Å²) in [6.45, 7) is 2.20. The highest BCUT2D eigenvalue weighted by atomic mass is 32.2. The van der Waals surface area contributed by atoms with Crippen LogP contribution in [0.5, 0.6) is 0 Å². The normalized spacial score (nSPS) is 17.8. The molecule has 3 nitrogen and oxygen atoms in total. The van der Waals surface area contributed by atoms with Crippen LogP contribution in [-0.2, 0) is 17.8 Å². The van der Waals surface area contributed by atoms with Gasteiger partial charge < -0.3 is 0 Å². The molecule has 1 heterocycles. The monoisotopic (exact) mass is 329 g/mol. The minimum atomic E-state index is -0.384. The molecular formula is C18H16FNO2S. The molecule has 0 N–H and O–H groups in total. The third-order valence-corrected chi connectivity index (χ3v) is 4.88. The van der Waals surface area contributed by atoms with Crippen molar-refractivity contribution in [2.75, 3.05) is 0 Å². The Kier molecular flexibility index (Phi) is 4.48. The first-order chi connectivity index (χ1) is 11.0. The van der Waals surface area contributed by atoms with Crippen molar-refractivity contribution in [3.05, 3.63) is 71.0 Å². The van der Waals surface area contributed by atoms with E-state index in [0.717, 1.165) is 28.5 Å². The average Bonchev–Trinajstić information content (AvgIpc) is 2.79. The molecule has 2 amide bonds. The molecule has 3 rings (SSSR count). The van der Waals surface area contributed by atoms with Gasteiger partial charge in [-0.05, 0) is 36.6 Å². The number of hydrogen-bond acceptors (Lipinski definition) is 3. The zero-order valence-corrected chi connectivity index (χ0v) is 13.5. The molecule has 0 unspecified atom stereocenters. The predicted octanol–water partition coefficient (Wildman–Crippen LogP) is 3.94. The van der Waals surface area contributed by atoms with E-state index in [4.69, 9.17) is 0 Å². The van der Waals surface area contributed by atoms with Crippen LogP contribution in [-0.4, -0.2) is 21.3 Å². The smallest absolute Gasteiger partial charge is 0.273 e. The lowest BCUT2D eigenvalue weighted by Gasteiger charge is -2.14. The number of carbonyl (C=O) groups is 2. The second kappa shape index (κ2) is 6.54. The Morgan fingerprint density at radius 1 is 1.00 bits per heavy atom. The van der Waals surface area contributed by atoms with Gasteiger partial charge >= 0.3 is 0 Å². The Morgan fingerprint density at radius 3 is 2.26 bits per heavy atom. The predicted molar refractivity (Wildman–Crippen MR) is 88.6 cm³/mol. The molecule has 1 fully saturated rings. The Balaban J connectivity index is 1.69. The zero-order chi connectivity index (χ0) is 16.4. The maximum absolute atomic E-state index is 12.9. The van der Waals surface area contributed by atoms with Crippen LogP contribution in [0.25, 0.3) is 0 Å². The minimum absolute atomic E-state index is 0.176. The third-order valence-electron chi connectivity index (χ3n) is 3.80. The van der Waals surface area contributed by atoms with Gasteiger partial charge in [0.05, 0.1) is 11.8 Å². The highest BCUT2D eigenvalue weighted by molar-refractivity contribution is 8.15. The molecule has 0 spiro atoms. The van der Waals surface area contributed by atoms with Gasteiger partial charge in [0.25, 0.3) is 5.24 Å². The number of hydrogen-bond donors (Lipinski definition) is 0. The summed E-state index contributed by atoms with van der Waals surface area (Å²) in [5.41, 5.74) is 2.94. The molecule has 23 heavy (non-hydrogen) atoms. The fraction of sp³-hybridized carbons (Fsp3) is 0.222. The van der Waals surface area contributed by atoms with Crippen LogP contribution in [0.4, 0.5) is 9.18 Å². The third kappa shape index (κ3) is 3.62. The van der Waals surface area contributed by atoms with Crippen LogP contribution in [0.2, 0.25) is 0 Å². The summed E-state index contributed by atoms with van der Waals surface area (Å²) in [7, 11) is 0. The first-order valence-corrected chi connectivity index (χ1v) is 8.23. The van der Waals surface area contributed by atoms with Crippen LogP contribution in [0.1, 0.15) is 16.7 Å². The maximum Gasteiger partial charge on any atom is 0.289 e. The second-order valence-electron chi connectivity index (χ2n) is 5.61. The van der Waals surface area contributed by atoms with Crippen molar-refractivity contribution in [3.63, 3.8) is 0 Å². The van der Waals surface area contributed by atoms with Crippen molar-refractivity contribution < 1.29 is 14.0 Å². The number of nitrogens with zero attached hydrogens (tertiary/aromatic N) is 1. The maximum atomic E-state index is 12.9. The van der Waals surface area contributed by atoms with Crippen LogP contribution in [0, 0.1) is 12.7 Å². The second-order valence-corrected chi connectivity index (χ2v) is 6.77. The highest BCUT2D eigenvalue weighted by Crippen LogP contribution is 2.30. The van der Waals surface area contributed by atoms with Gasteiger partial charge in [0.1, 0.15) is 5.82 Å². The number of aryl methyl sites for hydroxylation is 1. The van der Waals surface area contributed by atoms with E-state index < -0.39 is 0 Å². The number of rotatable bonds is 4. The molecule has 1 aliphatic heterocycles. The van der Waals surface area contributed by atoms with Gasteiger partial charge in [-0.1, -0.05) is 53.7 Å². The SMILES string of the molecule is Cc1ccc(C[C@H]2SC(=O)N(Cc3ccc(F)cc3)C2=O)cc1. The van der Waals surface area contributed by atoms with Crippen molar-refractivity contribution in [1.82, 2.24) is 4.90 Å². The van der Waals surface area contributed by atoms with Crippen molar-refractivity contribution in [1.29, 1.82) is 0 Å². The fourth-order valence-corrected chi connectivity index (χ4v) is 3.51. The van der Waals surface area contributed by atoms with Gasteiger partial charge in [0, 0.05) is 0 Å². The van der Waals surface area contributed by atoms with Crippen LogP contribution >= 0.6 is 11.8 Å². The molecule has 2 aromatic rings. The number of amides is 2. The van der Waals surface area contributed by atoms with Gasteiger partial charge in [-0.2, -0.15) is 0 Å². The summed E-state index contributed by atoms with van der Waals surface area (Å²) in [5.74, 6) is -0.510. The molecule has 0 bridgehead atoms. The summed E-state index contributed by atoms with van der Waals surface area (Å²) in [6.07, 6.45) is 0.537. The van der Waals surface area contributed by atoms with Crippen molar-refractivity contribution >= 4 is 22.9 Å². The van der Waals surface area contributed by atoms with E-state index in [2.05, 4.69) is 0 Å². The van der Waals surface area contributed by atoms with E-state index in [9.17, 15) is 14.0 Å². The van der Waals surface area contributed by atoms with Crippen molar-refractivity contribution in [2.45, 2.75) is 25.1 Å². The summed E-state index contributed by atoms with van der Waals surface area (Å²) in [6, 6.07) is 13.8. The Bertz CT molecular complexity index is 728. The number of carbonyl (C=O) groups excluding carboxylic acids is 2. The Labute approximate surface area is 138 Å². The lowest BCUT2D eigenvalue weighted by Crippen LogP contribution is -2.31. The molecule has 1 atom stereocenters. The number of halogens is 1. The topological polar surface area (TPSA) is 37.4 Å². The minimum Gasteiger partial charge on any atom is -0.273 e. The van der Waals surface area contributed by atoms with Crippen molar-refractivity contribution in [3.8, 4) is 0 Å². The van der Waals surface area contributed by atoms with E-state index in [1.807, 2.05) is 31.2 Å². The molecule has 2 aromatic carbocycles. The zero-order valence-electron chi connectivity index (χ0n) is 12.7. The first kappa shape index (κ1) is 15.7. The lowest BCUT2D eigenvalue weighted by atomic mass is 10.1. The lowest BCUT2D eigenvalue weighted by molar-refractivity contribution is -0.127. The van der Waals surface area contributed by atoms with Crippen LogP contribution < -0.4 is 0 Å². The van der Waals surface area contributed by atoms with E-state index in [-0.39, 0.29) is 28.8 Å². The number of thioether (sulfide) groups is 1. The molecule has 0 radical (unpaired) electrons. The molecule has 1 aliphatic rings. The van der Waals surface area contributed by atoms with Gasteiger partial charge in [-0.15, -0.1) is 0 Å². The molecule has 118 valence electrons. The van der Waals surface area contributed by atoms with E-state index >= 15 is 0 Å². The highest BCUT2D eigenvalue weighted by Gasteiger charge is 2.39. The standard InChI is InChI=1S/C18H16FNO2S/c1-12-2-4-13(5-3-12)10-16-17(21)20(18(22)23-16)11-14-6-8-15(19)9-7-14/h2-9,16H,10-11H2,1H3/t16-/m1/s1. The van der Waals surface area contributed by atoms with Crippen LogP contribution in [0.15, 0.2) is 48.5 Å². The molecule has 1 saturated heterocycles. The van der Waals surface area contributed by atoms with E-state index in [1.54, 1.807) is 12.1 Å². The van der Waals surface area contributed by atoms with E-state index in [1.165, 1.54) is 17.0 Å². The molecular weight excluding hydrogens is 313 g/mol. The van der Waals surface area contributed by atoms with Crippen LogP contribution in [0.3, 0.4) is 0 Å². The Morgan fingerprint density at radius 2 is 1.61 bits per heavy atom. The van der Waals surface area contributed by atoms with Gasteiger partial charge in [0.2, 0.25) is 5.91 Å². The molecule has 0 saturated carbocycles. The quantitative estimate of drug-likeness (QED) is 0.852. The summed E-state index contributed by atoms with van der Waals surface area (Å²) < 4.78 is 12.9. The molecule has 0 aromatic heterocycles. The number of benzene rings is 2. The summed E-state index contributed by atoms with van der Waals surface area (Å²) in [4.78, 5) is 25.8. The number of imide groups is 1. The summed E-state index contributed by atoms with van der Waals surface area (Å²) in [5, 5.41) is -0.623. The molecule has 0 aliphatic carbocycles. The van der Waals surface area contributed by atoms with Crippen molar-refractivity contribution in [2.24, 2.45) is 0 Å². The van der Waals surface area contributed by atoms with Gasteiger partial charge in [-0.25, -0.2) is 4.39 Å². The van der Waals surface area contributed by atoms with Gasteiger partial charge in [-0.3, -0.25) is 14.5 Å². The summed E-state index contributed by atoms with van der Waals surface area (Å²) >= 11 is 1.07. The average molecular weight is 329 g/mol. The van der Waals surface area contributed by atoms with Gasteiger partial charge in [0.15, 0.2) is 0 Å². The fourth-order valence-electron chi connectivity index (χ4n) is 2.48. The largest absolute Gasteiger partial charge is 0.289 e.